The fourth-order valence-electron chi connectivity index (χ4n) is 2.65. The third-order valence-electron chi connectivity index (χ3n) is 3.75. The number of carbonyl (C=O) groups excluding carboxylic acids is 2. The van der Waals surface area contributed by atoms with Crippen LogP contribution >= 0.6 is 0 Å². The lowest BCUT2D eigenvalue weighted by Gasteiger charge is -2.16. The zero-order valence-corrected chi connectivity index (χ0v) is 15.4. The van der Waals surface area contributed by atoms with Gasteiger partial charge in [0.25, 0.3) is 5.91 Å². The fraction of sp³-hybridized carbons (Fsp3) is 0.286. The molecule has 2 aromatic rings. The average molecular weight is 351 g/mol. The summed E-state index contributed by atoms with van der Waals surface area (Å²) in [5.41, 5.74) is 4.94. The van der Waals surface area contributed by atoms with Gasteiger partial charge in [0, 0.05) is 11.8 Å². The molecule has 0 aromatic heterocycles. The first kappa shape index (κ1) is 19.4. The number of amides is 2. The minimum absolute atomic E-state index is 0.0745. The molecule has 0 heterocycles. The second-order valence-electron chi connectivity index (χ2n) is 6.48. The summed E-state index contributed by atoms with van der Waals surface area (Å²) in [5.74, 6) is -0.803. The molecular formula is C21H25N3O2. The molecule has 2 aromatic carbocycles. The number of nitrogens with one attached hydrogen (secondary N) is 2. The molecule has 0 spiro atoms. The Balaban J connectivity index is 2.12. The Morgan fingerprint density at radius 3 is 1.88 bits per heavy atom. The van der Waals surface area contributed by atoms with E-state index >= 15 is 0 Å². The van der Waals surface area contributed by atoms with Crippen molar-refractivity contribution in [3.05, 3.63) is 71.8 Å². The smallest absolute Gasteiger partial charge is 0.252 e. The number of hydrogen-bond acceptors (Lipinski definition) is 3. The Morgan fingerprint density at radius 1 is 0.923 bits per heavy atom. The van der Waals surface area contributed by atoms with Crippen molar-refractivity contribution in [1.29, 1.82) is 0 Å². The van der Waals surface area contributed by atoms with E-state index in [1.807, 2.05) is 74.5 Å². The van der Waals surface area contributed by atoms with Gasteiger partial charge < -0.3 is 5.32 Å². The molecule has 0 fully saturated rings. The highest BCUT2D eigenvalue weighted by molar-refractivity contribution is 6.00. The van der Waals surface area contributed by atoms with Gasteiger partial charge in [0.15, 0.2) is 0 Å². The predicted octanol–water partition coefficient (Wildman–Crippen LogP) is 3.23. The Morgan fingerprint density at radius 2 is 1.42 bits per heavy atom. The standard InChI is InChI=1S/C21H25N3O2/c1-15(2)22-19(25)14-16(3)23-24-21(26)20(17-10-6-4-7-11-17)18-12-8-5-9-13-18/h4-13,15,20H,14H2,1-3H3,(H,22,25)(H,24,26)/b23-16-. The second-order valence-corrected chi connectivity index (χ2v) is 6.48. The van der Waals surface area contributed by atoms with E-state index < -0.39 is 5.92 Å². The lowest BCUT2D eigenvalue weighted by molar-refractivity contribution is -0.122. The summed E-state index contributed by atoms with van der Waals surface area (Å²) >= 11 is 0. The molecular weight excluding hydrogens is 326 g/mol. The number of nitrogens with zero attached hydrogens (tertiary/aromatic N) is 1. The van der Waals surface area contributed by atoms with Crippen LogP contribution in [0.4, 0.5) is 0 Å². The molecule has 0 aliphatic carbocycles. The van der Waals surface area contributed by atoms with Crippen LogP contribution in [0.1, 0.15) is 44.2 Å². The largest absolute Gasteiger partial charge is 0.354 e. The SMILES string of the molecule is C/C(CC(=O)NC(C)C)=N/NC(=O)C(c1ccccc1)c1ccccc1. The zero-order valence-electron chi connectivity index (χ0n) is 15.4. The van der Waals surface area contributed by atoms with E-state index in [0.717, 1.165) is 11.1 Å². The quantitative estimate of drug-likeness (QED) is 0.594. The van der Waals surface area contributed by atoms with Gasteiger partial charge in [-0.05, 0) is 31.9 Å². The Bertz CT molecular complexity index is 716. The number of hydrogen-bond donors (Lipinski definition) is 2. The molecule has 0 unspecified atom stereocenters. The summed E-state index contributed by atoms with van der Waals surface area (Å²) in [6.45, 7) is 5.52. The van der Waals surface area contributed by atoms with Crippen molar-refractivity contribution in [1.82, 2.24) is 10.7 Å². The summed E-state index contributed by atoms with van der Waals surface area (Å²) in [6.07, 6.45) is 0.153. The third-order valence-corrected chi connectivity index (χ3v) is 3.75. The van der Waals surface area contributed by atoms with Crippen LogP contribution in [0.25, 0.3) is 0 Å². The molecule has 0 saturated heterocycles. The maximum absolute atomic E-state index is 12.8. The molecule has 0 aliphatic heterocycles. The number of rotatable bonds is 7. The monoisotopic (exact) mass is 351 g/mol. The van der Waals surface area contributed by atoms with Crippen LogP contribution in [-0.4, -0.2) is 23.6 Å². The zero-order chi connectivity index (χ0) is 18.9. The summed E-state index contributed by atoms with van der Waals surface area (Å²) in [6, 6.07) is 19.2. The van der Waals surface area contributed by atoms with Gasteiger partial charge in [-0.3, -0.25) is 9.59 Å². The average Bonchev–Trinajstić information content (AvgIpc) is 2.61. The molecule has 5 heteroatoms. The lowest BCUT2D eigenvalue weighted by atomic mass is 9.91. The Hall–Kier alpha value is -2.95. The number of benzene rings is 2. The summed E-state index contributed by atoms with van der Waals surface area (Å²) in [4.78, 5) is 24.6. The van der Waals surface area contributed by atoms with Crippen LogP contribution < -0.4 is 10.7 Å². The van der Waals surface area contributed by atoms with Gasteiger partial charge in [0.05, 0.1) is 12.3 Å². The molecule has 0 aliphatic rings. The van der Waals surface area contributed by atoms with E-state index in [9.17, 15) is 9.59 Å². The number of carbonyl (C=O) groups is 2. The van der Waals surface area contributed by atoms with Crippen molar-refractivity contribution < 1.29 is 9.59 Å². The first-order valence-electron chi connectivity index (χ1n) is 8.69. The molecule has 0 saturated carbocycles. The first-order chi connectivity index (χ1) is 12.5. The van der Waals surface area contributed by atoms with Crippen molar-refractivity contribution in [2.75, 3.05) is 0 Å². The highest BCUT2D eigenvalue weighted by Gasteiger charge is 2.22. The van der Waals surface area contributed by atoms with Gasteiger partial charge in [-0.25, -0.2) is 5.43 Å². The Labute approximate surface area is 154 Å². The highest BCUT2D eigenvalue weighted by atomic mass is 16.2. The minimum atomic E-state index is -0.460. The van der Waals surface area contributed by atoms with E-state index in [0.29, 0.717) is 5.71 Å². The highest BCUT2D eigenvalue weighted by Crippen LogP contribution is 2.24. The van der Waals surface area contributed by atoms with Gasteiger partial charge in [0.2, 0.25) is 5.91 Å². The molecule has 26 heavy (non-hydrogen) atoms. The van der Waals surface area contributed by atoms with Crippen molar-refractivity contribution >= 4 is 17.5 Å². The summed E-state index contributed by atoms with van der Waals surface area (Å²) < 4.78 is 0. The lowest BCUT2D eigenvalue weighted by Crippen LogP contribution is -2.32. The first-order valence-corrected chi connectivity index (χ1v) is 8.69. The van der Waals surface area contributed by atoms with Gasteiger partial charge in [-0.1, -0.05) is 60.7 Å². The van der Waals surface area contributed by atoms with Crippen molar-refractivity contribution in [2.45, 2.75) is 39.2 Å². The molecule has 2 N–H and O–H groups in total. The van der Waals surface area contributed by atoms with E-state index in [2.05, 4.69) is 15.8 Å². The van der Waals surface area contributed by atoms with Crippen LogP contribution in [0, 0.1) is 0 Å². The molecule has 0 bridgehead atoms. The summed E-state index contributed by atoms with van der Waals surface area (Å²) in [7, 11) is 0. The molecule has 0 radical (unpaired) electrons. The number of hydrazone groups is 1. The topological polar surface area (TPSA) is 70.6 Å². The van der Waals surface area contributed by atoms with E-state index in [4.69, 9.17) is 0 Å². The molecule has 0 atom stereocenters. The van der Waals surface area contributed by atoms with Crippen LogP contribution in [-0.2, 0) is 9.59 Å². The predicted molar refractivity (Wildman–Crippen MR) is 104 cm³/mol. The molecule has 136 valence electrons. The summed E-state index contributed by atoms with van der Waals surface area (Å²) in [5, 5.41) is 6.90. The van der Waals surface area contributed by atoms with Crippen LogP contribution in [0.3, 0.4) is 0 Å². The van der Waals surface area contributed by atoms with Gasteiger partial charge in [0.1, 0.15) is 0 Å². The maximum atomic E-state index is 12.8. The van der Waals surface area contributed by atoms with Crippen LogP contribution in [0.5, 0.6) is 0 Å². The van der Waals surface area contributed by atoms with Crippen LogP contribution in [0.15, 0.2) is 65.8 Å². The van der Waals surface area contributed by atoms with Crippen molar-refractivity contribution in [2.24, 2.45) is 5.10 Å². The van der Waals surface area contributed by atoms with E-state index in [1.165, 1.54) is 0 Å². The second kappa shape index (κ2) is 9.51. The fourth-order valence-corrected chi connectivity index (χ4v) is 2.65. The van der Waals surface area contributed by atoms with Crippen molar-refractivity contribution in [3.8, 4) is 0 Å². The molecule has 5 nitrogen and oxygen atoms in total. The van der Waals surface area contributed by atoms with Crippen molar-refractivity contribution in [3.63, 3.8) is 0 Å². The van der Waals surface area contributed by atoms with Gasteiger partial charge in [-0.2, -0.15) is 5.10 Å². The van der Waals surface area contributed by atoms with E-state index in [1.54, 1.807) is 6.92 Å². The minimum Gasteiger partial charge on any atom is -0.354 e. The molecule has 2 amide bonds. The van der Waals surface area contributed by atoms with Crippen LogP contribution in [0.2, 0.25) is 0 Å². The maximum Gasteiger partial charge on any atom is 0.252 e. The molecule has 2 rings (SSSR count). The van der Waals surface area contributed by atoms with Gasteiger partial charge >= 0.3 is 0 Å². The van der Waals surface area contributed by atoms with E-state index in [-0.39, 0.29) is 24.3 Å². The third kappa shape index (κ3) is 5.84. The van der Waals surface area contributed by atoms with Gasteiger partial charge in [-0.15, -0.1) is 0 Å². The normalized spacial score (nSPS) is 11.5. The Kier molecular flexibility index (Phi) is 7.09.